The summed E-state index contributed by atoms with van der Waals surface area (Å²) in [6.45, 7) is 6.21. The van der Waals surface area contributed by atoms with Gasteiger partial charge in [0.25, 0.3) is 5.91 Å². The van der Waals surface area contributed by atoms with Crippen molar-refractivity contribution < 1.29 is 18.7 Å². The Morgan fingerprint density at radius 2 is 1.93 bits per heavy atom. The molecular formula is C20H23N5O4. The quantitative estimate of drug-likeness (QED) is 0.413. The maximum atomic E-state index is 12.9. The fourth-order valence-corrected chi connectivity index (χ4v) is 3.70. The third kappa shape index (κ3) is 3.63. The highest BCUT2D eigenvalue weighted by molar-refractivity contribution is 6.09. The van der Waals surface area contributed by atoms with Gasteiger partial charge >= 0.3 is 0 Å². The molecule has 1 amide bonds. The van der Waals surface area contributed by atoms with Gasteiger partial charge in [-0.3, -0.25) is 4.79 Å². The summed E-state index contributed by atoms with van der Waals surface area (Å²) < 4.78 is 16.6. The second kappa shape index (κ2) is 6.84. The lowest BCUT2D eigenvalue weighted by Gasteiger charge is -2.29. The molecule has 0 unspecified atom stereocenters. The molecule has 1 aliphatic heterocycles. The monoisotopic (exact) mass is 397 g/mol. The number of guanidine groups is 1. The van der Waals surface area contributed by atoms with E-state index in [1.807, 2.05) is 6.92 Å². The minimum Gasteiger partial charge on any atom is -0.455 e. The molecule has 2 heterocycles. The largest absolute Gasteiger partial charge is 0.455 e. The molecule has 0 saturated heterocycles. The Kier molecular flexibility index (Phi) is 4.45. The summed E-state index contributed by atoms with van der Waals surface area (Å²) in [5.41, 5.74) is 13.5. The van der Waals surface area contributed by atoms with E-state index in [0.717, 1.165) is 5.56 Å². The number of rotatable bonds is 3. The predicted octanol–water partition coefficient (Wildman–Crippen LogP) is 2.52. The van der Waals surface area contributed by atoms with Gasteiger partial charge in [-0.15, -0.1) is 5.10 Å². The first-order valence-corrected chi connectivity index (χ1v) is 9.22. The highest BCUT2D eigenvalue weighted by Crippen LogP contribution is 2.39. The van der Waals surface area contributed by atoms with Gasteiger partial charge in [0.05, 0.1) is 5.71 Å². The lowest BCUT2D eigenvalue weighted by atomic mass is 9.75. The zero-order chi connectivity index (χ0) is 20.8. The van der Waals surface area contributed by atoms with Gasteiger partial charge in [0.15, 0.2) is 17.3 Å². The maximum Gasteiger partial charge on any atom is 0.291 e. The fraction of sp³-hybridized carbons (Fsp3) is 0.350. The van der Waals surface area contributed by atoms with Crippen LogP contribution in [0, 0.1) is 12.3 Å². The lowest BCUT2D eigenvalue weighted by molar-refractivity contribution is 0.0993. The zero-order valence-corrected chi connectivity index (χ0v) is 16.5. The molecule has 2 aliphatic rings. The number of hydrogen-bond acceptors (Lipinski definition) is 6. The van der Waals surface area contributed by atoms with E-state index in [1.165, 1.54) is 0 Å². The van der Waals surface area contributed by atoms with Gasteiger partial charge in [-0.25, -0.2) is 0 Å². The molecule has 0 spiro atoms. The molecule has 0 bridgehead atoms. The third-order valence-corrected chi connectivity index (χ3v) is 4.92. The van der Waals surface area contributed by atoms with Crippen molar-refractivity contribution in [2.45, 2.75) is 33.6 Å². The summed E-state index contributed by atoms with van der Waals surface area (Å²) in [5, 5.41) is 10.9. The second-order valence-corrected chi connectivity index (χ2v) is 7.97. The van der Waals surface area contributed by atoms with Crippen LogP contribution in [0.25, 0.3) is 0 Å². The van der Waals surface area contributed by atoms with Crippen LogP contribution in [-0.4, -0.2) is 24.4 Å². The van der Waals surface area contributed by atoms with Crippen LogP contribution in [0.5, 0.6) is 11.5 Å². The van der Waals surface area contributed by atoms with Crippen molar-refractivity contribution >= 4 is 23.3 Å². The van der Waals surface area contributed by atoms with Gasteiger partial charge < -0.3 is 30.7 Å². The number of anilines is 1. The van der Waals surface area contributed by atoms with Gasteiger partial charge in [0.1, 0.15) is 5.76 Å². The van der Waals surface area contributed by atoms with Gasteiger partial charge in [0, 0.05) is 29.3 Å². The summed E-state index contributed by atoms with van der Waals surface area (Å²) in [4.78, 5) is 12.9. The average Bonchev–Trinajstić information content (AvgIpc) is 3.22. The molecule has 1 aromatic carbocycles. The van der Waals surface area contributed by atoms with E-state index in [4.69, 9.17) is 25.4 Å². The van der Waals surface area contributed by atoms with E-state index in [-0.39, 0.29) is 29.8 Å². The van der Waals surface area contributed by atoms with E-state index in [1.54, 1.807) is 18.2 Å². The van der Waals surface area contributed by atoms with Crippen molar-refractivity contribution in [1.82, 2.24) is 0 Å². The summed E-state index contributed by atoms with van der Waals surface area (Å²) in [6.07, 6.45) is 1.35. The number of carbonyl (C=O) groups excluding carboxylic acids is 1. The highest BCUT2D eigenvalue weighted by atomic mass is 16.7. The number of furan rings is 1. The van der Waals surface area contributed by atoms with Crippen LogP contribution >= 0.6 is 0 Å². The van der Waals surface area contributed by atoms with Crippen molar-refractivity contribution in [2.75, 3.05) is 12.1 Å². The molecule has 9 nitrogen and oxygen atoms in total. The number of carbonyl (C=O) groups is 1. The average molecular weight is 397 g/mol. The van der Waals surface area contributed by atoms with Gasteiger partial charge in [-0.05, 0) is 30.9 Å². The normalized spacial score (nSPS) is 17.7. The van der Waals surface area contributed by atoms with Crippen molar-refractivity contribution in [2.24, 2.45) is 27.1 Å². The number of fused-ring (bicyclic) bond motifs is 2. The van der Waals surface area contributed by atoms with Crippen molar-refractivity contribution in [1.29, 1.82) is 0 Å². The first-order chi connectivity index (χ1) is 13.7. The standard InChI is InChI=1S/C20H23N5O4/c1-10-16-12(24-25-19(21)22)7-20(2,3)8-15(16)29-17(10)18(26)23-11-4-5-13-14(6-11)28-9-27-13/h4-6H,7-9H2,1-3H3,(H,23,26)(H4,21,22,25)/b24-12-. The molecule has 29 heavy (non-hydrogen) atoms. The smallest absolute Gasteiger partial charge is 0.291 e. The van der Waals surface area contributed by atoms with Crippen molar-refractivity contribution in [3.63, 3.8) is 0 Å². The molecule has 5 N–H and O–H groups in total. The van der Waals surface area contributed by atoms with Crippen LogP contribution in [0.15, 0.2) is 32.8 Å². The number of amides is 1. The van der Waals surface area contributed by atoms with Gasteiger partial charge in [-0.2, -0.15) is 5.10 Å². The van der Waals surface area contributed by atoms with Crippen LogP contribution in [0.4, 0.5) is 5.69 Å². The minimum atomic E-state index is -0.352. The lowest BCUT2D eigenvalue weighted by Crippen LogP contribution is -2.27. The molecule has 2 aromatic rings. The molecule has 0 saturated carbocycles. The summed E-state index contributed by atoms with van der Waals surface area (Å²) in [7, 11) is 0. The Bertz CT molecular complexity index is 1050. The molecule has 0 atom stereocenters. The molecule has 4 rings (SSSR count). The molecule has 152 valence electrons. The number of nitrogens with zero attached hydrogens (tertiary/aromatic N) is 2. The predicted molar refractivity (Wildman–Crippen MR) is 108 cm³/mol. The molecule has 0 radical (unpaired) electrons. The minimum absolute atomic E-state index is 0.0971. The number of nitrogens with one attached hydrogen (secondary N) is 1. The Hall–Kier alpha value is -3.49. The second-order valence-electron chi connectivity index (χ2n) is 7.97. The summed E-state index contributed by atoms with van der Waals surface area (Å²) >= 11 is 0. The van der Waals surface area contributed by atoms with E-state index in [0.29, 0.717) is 47.1 Å². The molecule has 1 aliphatic carbocycles. The van der Waals surface area contributed by atoms with Crippen LogP contribution < -0.4 is 26.3 Å². The Balaban J connectivity index is 1.67. The fourth-order valence-electron chi connectivity index (χ4n) is 3.70. The van der Waals surface area contributed by atoms with Crippen molar-refractivity contribution in [3.8, 4) is 11.5 Å². The van der Waals surface area contributed by atoms with E-state index in [2.05, 4.69) is 29.4 Å². The highest BCUT2D eigenvalue weighted by Gasteiger charge is 2.36. The van der Waals surface area contributed by atoms with Gasteiger partial charge in [0.2, 0.25) is 12.8 Å². The Morgan fingerprint density at radius 3 is 2.69 bits per heavy atom. The first kappa shape index (κ1) is 18.9. The number of ether oxygens (including phenoxy) is 2. The Labute approximate surface area is 167 Å². The number of nitrogens with two attached hydrogens (primary N) is 2. The number of benzene rings is 1. The topological polar surface area (TPSA) is 137 Å². The molecule has 9 heteroatoms. The number of hydrogen-bond donors (Lipinski definition) is 3. The van der Waals surface area contributed by atoms with E-state index in [9.17, 15) is 4.79 Å². The molecule has 0 fully saturated rings. The summed E-state index contributed by atoms with van der Waals surface area (Å²) in [6, 6.07) is 5.21. The van der Waals surface area contributed by atoms with Crippen LogP contribution in [0.3, 0.4) is 0 Å². The van der Waals surface area contributed by atoms with Crippen LogP contribution in [0.1, 0.15) is 47.7 Å². The molecule has 1 aromatic heterocycles. The SMILES string of the molecule is Cc1c(C(=O)Nc2ccc3c(c2)OCO3)oc2c1/C(=N\N=C(N)N)CC(C)(C)C2. The van der Waals surface area contributed by atoms with E-state index >= 15 is 0 Å². The first-order valence-electron chi connectivity index (χ1n) is 9.22. The van der Waals surface area contributed by atoms with Gasteiger partial charge in [-0.1, -0.05) is 13.8 Å². The maximum absolute atomic E-state index is 12.9. The van der Waals surface area contributed by atoms with Crippen LogP contribution in [0.2, 0.25) is 0 Å². The van der Waals surface area contributed by atoms with Crippen molar-refractivity contribution in [3.05, 3.63) is 40.8 Å². The summed E-state index contributed by atoms with van der Waals surface area (Å²) in [5.74, 6) is 1.71. The van der Waals surface area contributed by atoms with Crippen LogP contribution in [-0.2, 0) is 6.42 Å². The van der Waals surface area contributed by atoms with E-state index < -0.39 is 0 Å². The zero-order valence-electron chi connectivity index (χ0n) is 16.5. The molecular weight excluding hydrogens is 374 g/mol. The Morgan fingerprint density at radius 1 is 1.17 bits per heavy atom. The third-order valence-electron chi connectivity index (χ3n) is 4.92.